The number of hydrogen-bond donors (Lipinski definition) is 1. The fourth-order valence-corrected chi connectivity index (χ4v) is 2.64. The highest BCUT2D eigenvalue weighted by Gasteiger charge is 2.42. The van der Waals surface area contributed by atoms with Crippen molar-refractivity contribution < 1.29 is 4.42 Å². The van der Waals surface area contributed by atoms with Gasteiger partial charge in [-0.2, -0.15) is 0 Å². The Hall–Kier alpha value is -1.54. The zero-order valence-corrected chi connectivity index (χ0v) is 8.94. The van der Waals surface area contributed by atoms with Crippen molar-refractivity contribution in [2.24, 2.45) is 0 Å². The molecule has 0 saturated heterocycles. The lowest BCUT2D eigenvalue weighted by molar-refractivity contribution is 0.539. The van der Waals surface area contributed by atoms with Gasteiger partial charge in [-0.3, -0.25) is 0 Å². The maximum atomic E-state index is 5.99. The lowest BCUT2D eigenvalue weighted by Crippen LogP contribution is -2.18. The summed E-state index contributed by atoms with van der Waals surface area (Å²) in [4.78, 5) is 0. The highest BCUT2D eigenvalue weighted by molar-refractivity contribution is 5.89. The molecule has 1 N–H and O–H groups in total. The van der Waals surface area contributed by atoms with Crippen molar-refractivity contribution in [1.29, 1.82) is 0 Å². The summed E-state index contributed by atoms with van der Waals surface area (Å²) >= 11 is 0. The van der Waals surface area contributed by atoms with E-state index in [2.05, 4.69) is 35.7 Å². The smallest absolute Gasteiger partial charge is 0.134 e. The van der Waals surface area contributed by atoms with Gasteiger partial charge in [-0.25, -0.2) is 0 Å². The van der Waals surface area contributed by atoms with E-state index in [4.69, 9.17) is 4.42 Å². The summed E-state index contributed by atoms with van der Waals surface area (Å²) < 4.78 is 5.99. The molecule has 0 radical (unpaired) electrons. The minimum Gasteiger partial charge on any atom is -0.460 e. The molecule has 2 heterocycles. The quantitative estimate of drug-likeness (QED) is 0.724. The van der Waals surface area contributed by atoms with E-state index in [0.717, 1.165) is 12.1 Å². The second-order valence-electron chi connectivity index (χ2n) is 4.64. The van der Waals surface area contributed by atoms with Crippen molar-refractivity contribution in [1.82, 2.24) is 5.32 Å². The minimum absolute atomic E-state index is 0.590. The number of rotatable bonds is 0. The summed E-state index contributed by atoms with van der Waals surface area (Å²) in [6.07, 6.45) is 5.60. The van der Waals surface area contributed by atoms with Gasteiger partial charge in [0.15, 0.2) is 0 Å². The average molecular weight is 211 g/mol. The molecule has 1 aromatic heterocycles. The minimum atomic E-state index is 0.590. The molecule has 1 aliphatic heterocycles. The Kier molecular flexibility index (Phi) is 1.60. The standard InChI is InChI=1S/C14H13NO/c1-2-6-13-9(4-1)10-5-3-7-15-12-8-11(12)14(10)16-13/h1-6,11-12,15H,7-8H2/b5-3-. The van der Waals surface area contributed by atoms with Crippen LogP contribution in [-0.2, 0) is 0 Å². The second kappa shape index (κ2) is 2.98. The summed E-state index contributed by atoms with van der Waals surface area (Å²) in [5.74, 6) is 1.77. The molecule has 1 aliphatic carbocycles. The predicted molar refractivity (Wildman–Crippen MR) is 64.4 cm³/mol. The van der Waals surface area contributed by atoms with Crippen molar-refractivity contribution >= 4 is 17.0 Å². The van der Waals surface area contributed by atoms with Gasteiger partial charge in [-0.05, 0) is 12.5 Å². The van der Waals surface area contributed by atoms with Gasteiger partial charge in [0.05, 0.1) is 0 Å². The molecule has 1 saturated carbocycles. The summed E-state index contributed by atoms with van der Waals surface area (Å²) in [5.41, 5.74) is 2.31. The Bertz CT molecular complexity index is 581. The van der Waals surface area contributed by atoms with Gasteiger partial charge in [0, 0.05) is 29.5 Å². The van der Waals surface area contributed by atoms with E-state index in [1.54, 1.807) is 0 Å². The molecule has 16 heavy (non-hydrogen) atoms. The highest BCUT2D eigenvalue weighted by Crippen LogP contribution is 2.46. The molecule has 2 aliphatic rings. The molecule has 2 atom stereocenters. The number of nitrogens with one attached hydrogen (secondary N) is 1. The third-order valence-corrected chi connectivity index (χ3v) is 3.57. The van der Waals surface area contributed by atoms with Gasteiger partial charge in [-0.1, -0.05) is 30.4 Å². The molecule has 0 bridgehead atoms. The number of benzene rings is 1. The van der Waals surface area contributed by atoms with Crippen molar-refractivity contribution in [2.75, 3.05) is 6.54 Å². The molecule has 0 amide bonds. The molecular formula is C14H13NO. The molecule has 2 aromatic rings. The zero-order valence-electron chi connectivity index (χ0n) is 8.94. The molecule has 0 spiro atoms. The van der Waals surface area contributed by atoms with Crippen LogP contribution in [0.15, 0.2) is 34.8 Å². The van der Waals surface area contributed by atoms with E-state index in [1.165, 1.54) is 23.1 Å². The Morgan fingerprint density at radius 1 is 1.25 bits per heavy atom. The van der Waals surface area contributed by atoms with E-state index >= 15 is 0 Å². The van der Waals surface area contributed by atoms with Crippen molar-refractivity contribution in [3.8, 4) is 0 Å². The Morgan fingerprint density at radius 2 is 2.19 bits per heavy atom. The van der Waals surface area contributed by atoms with Crippen LogP contribution in [0.3, 0.4) is 0 Å². The Morgan fingerprint density at radius 3 is 3.19 bits per heavy atom. The normalized spacial score (nSPS) is 29.0. The Balaban J connectivity index is 2.01. The third-order valence-electron chi connectivity index (χ3n) is 3.57. The van der Waals surface area contributed by atoms with Crippen LogP contribution in [0, 0.1) is 0 Å². The lowest BCUT2D eigenvalue weighted by Gasteiger charge is -2.03. The highest BCUT2D eigenvalue weighted by atomic mass is 16.3. The van der Waals surface area contributed by atoms with Crippen LogP contribution >= 0.6 is 0 Å². The maximum absolute atomic E-state index is 5.99. The summed E-state index contributed by atoms with van der Waals surface area (Å²) in [6, 6.07) is 8.94. The van der Waals surface area contributed by atoms with Crippen LogP contribution < -0.4 is 5.32 Å². The van der Waals surface area contributed by atoms with Crippen molar-refractivity contribution in [3.05, 3.63) is 41.7 Å². The Labute approximate surface area is 93.9 Å². The zero-order chi connectivity index (χ0) is 10.5. The van der Waals surface area contributed by atoms with Crippen LogP contribution in [-0.4, -0.2) is 12.6 Å². The van der Waals surface area contributed by atoms with Crippen LogP contribution in [0.5, 0.6) is 0 Å². The van der Waals surface area contributed by atoms with Gasteiger partial charge >= 0.3 is 0 Å². The molecule has 4 rings (SSSR count). The molecule has 2 unspecified atom stereocenters. The molecule has 2 nitrogen and oxygen atoms in total. The molecule has 1 fully saturated rings. The molecule has 2 heteroatoms. The summed E-state index contributed by atoms with van der Waals surface area (Å²) in [6.45, 7) is 0.972. The van der Waals surface area contributed by atoms with E-state index < -0.39 is 0 Å². The van der Waals surface area contributed by atoms with Gasteiger partial charge in [-0.15, -0.1) is 0 Å². The molecule has 1 aromatic carbocycles. The first-order chi connectivity index (χ1) is 7.93. The van der Waals surface area contributed by atoms with Gasteiger partial charge in [0.25, 0.3) is 0 Å². The van der Waals surface area contributed by atoms with E-state index in [1.807, 2.05) is 6.07 Å². The first kappa shape index (κ1) is 8.59. The lowest BCUT2D eigenvalue weighted by atomic mass is 10.1. The first-order valence-electron chi connectivity index (χ1n) is 5.85. The van der Waals surface area contributed by atoms with Crippen molar-refractivity contribution in [3.63, 3.8) is 0 Å². The topological polar surface area (TPSA) is 25.2 Å². The molecular weight excluding hydrogens is 198 g/mol. The monoisotopic (exact) mass is 211 g/mol. The van der Waals surface area contributed by atoms with Crippen LogP contribution in [0.4, 0.5) is 0 Å². The van der Waals surface area contributed by atoms with E-state index in [-0.39, 0.29) is 0 Å². The number of fused-ring (bicyclic) bond motifs is 5. The van der Waals surface area contributed by atoms with E-state index in [0.29, 0.717) is 12.0 Å². The fourth-order valence-electron chi connectivity index (χ4n) is 2.64. The first-order valence-corrected chi connectivity index (χ1v) is 5.85. The maximum Gasteiger partial charge on any atom is 0.134 e. The van der Waals surface area contributed by atoms with E-state index in [9.17, 15) is 0 Å². The number of furan rings is 1. The van der Waals surface area contributed by atoms with Gasteiger partial charge < -0.3 is 9.73 Å². The van der Waals surface area contributed by atoms with Crippen LogP contribution in [0.1, 0.15) is 23.7 Å². The average Bonchev–Trinajstić information content (AvgIpc) is 2.95. The number of hydrogen-bond acceptors (Lipinski definition) is 2. The van der Waals surface area contributed by atoms with Gasteiger partial charge in [0.1, 0.15) is 11.3 Å². The van der Waals surface area contributed by atoms with Crippen molar-refractivity contribution in [2.45, 2.75) is 18.4 Å². The predicted octanol–water partition coefficient (Wildman–Crippen LogP) is 2.91. The van der Waals surface area contributed by atoms with Crippen LogP contribution in [0.2, 0.25) is 0 Å². The summed E-state index contributed by atoms with van der Waals surface area (Å²) in [5, 5.41) is 4.75. The number of para-hydroxylation sites is 1. The van der Waals surface area contributed by atoms with Gasteiger partial charge in [0.2, 0.25) is 0 Å². The third kappa shape index (κ3) is 1.11. The summed E-state index contributed by atoms with van der Waals surface area (Å²) in [7, 11) is 0. The largest absolute Gasteiger partial charge is 0.460 e. The fraction of sp³-hybridized carbons (Fsp3) is 0.286. The second-order valence-corrected chi connectivity index (χ2v) is 4.64. The SMILES string of the molecule is C1=C\c2c(oc3ccccc23)C2CC2NC/1. The molecule has 80 valence electrons. The van der Waals surface area contributed by atoms with Crippen LogP contribution in [0.25, 0.3) is 17.0 Å².